The average Bonchev–Trinajstić information content (AvgIpc) is 3.55. The summed E-state index contributed by atoms with van der Waals surface area (Å²) in [5, 5.41) is 2.64. The number of carbonyl (C=O) groups is 2. The van der Waals surface area contributed by atoms with E-state index < -0.39 is 6.09 Å². The third-order valence-electron chi connectivity index (χ3n) is 5.96. The molecule has 0 aliphatic heterocycles. The highest BCUT2D eigenvalue weighted by Crippen LogP contribution is 2.46. The Hall–Kier alpha value is -4.19. The molecule has 3 aromatic carbocycles. The van der Waals surface area contributed by atoms with E-state index in [1.165, 1.54) is 6.39 Å². The summed E-state index contributed by atoms with van der Waals surface area (Å²) < 4.78 is 10.8. The van der Waals surface area contributed by atoms with Gasteiger partial charge in [0.25, 0.3) is 0 Å². The minimum Gasteiger partial charge on any atom is -0.444 e. The van der Waals surface area contributed by atoms with Crippen LogP contribution in [0.25, 0.3) is 22.5 Å². The number of oxazole rings is 1. The smallest absolute Gasteiger partial charge is 0.413 e. The van der Waals surface area contributed by atoms with E-state index in [2.05, 4.69) is 10.3 Å². The van der Waals surface area contributed by atoms with Gasteiger partial charge in [-0.3, -0.25) is 5.32 Å². The van der Waals surface area contributed by atoms with Gasteiger partial charge in [-0.05, 0) is 35.1 Å². The number of benzene rings is 3. The highest BCUT2D eigenvalue weighted by atomic mass is 16.5. The molecule has 0 radical (unpaired) electrons. The first-order valence-corrected chi connectivity index (χ1v) is 10.8. The van der Waals surface area contributed by atoms with Crippen LogP contribution >= 0.6 is 0 Å². The number of anilines is 1. The molecular formula is C27H22N2O4. The number of nitrogens with zero attached hydrogens (tertiary/aromatic N) is 1. The number of nitrogens with one attached hydrogen (secondary N) is 1. The summed E-state index contributed by atoms with van der Waals surface area (Å²) in [6, 6.07) is 25.4. The van der Waals surface area contributed by atoms with Gasteiger partial charge in [0.1, 0.15) is 12.9 Å². The van der Waals surface area contributed by atoms with E-state index in [0.717, 1.165) is 46.9 Å². The normalized spacial score (nSPS) is 13.8. The van der Waals surface area contributed by atoms with E-state index in [-0.39, 0.29) is 12.0 Å². The van der Waals surface area contributed by atoms with Crippen LogP contribution in [0.15, 0.2) is 89.7 Å². The van der Waals surface area contributed by atoms with Crippen molar-refractivity contribution in [3.05, 3.63) is 96.4 Å². The molecule has 1 aliphatic rings. The quantitative estimate of drug-likeness (QED) is 0.359. The Morgan fingerprint density at radius 3 is 2.21 bits per heavy atom. The maximum absolute atomic E-state index is 12.2. The Balaban J connectivity index is 1.26. The molecule has 33 heavy (non-hydrogen) atoms. The van der Waals surface area contributed by atoms with Crippen molar-refractivity contribution in [3.63, 3.8) is 0 Å². The Labute approximate surface area is 191 Å². The lowest BCUT2D eigenvalue weighted by molar-refractivity contribution is -0.109. The van der Waals surface area contributed by atoms with Crippen molar-refractivity contribution >= 4 is 18.2 Å². The first-order valence-electron chi connectivity index (χ1n) is 10.8. The van der Waals surface area contributed by atoms with Crippen molar-refractivity contribution in [1.29, 1.82) is 0 Å². The van der Waals surface area contributed by atoms with Gasteiger partial charge < -0.3 is 13.9 Å². The second-order valence-corrected chi connectivity index (χ2v) is 8.15. The Bertz CT molecular complexity index is 1260. The van der Waals surface area contributed by atoms with Gasteiger partial charge in [0.15, 0.2) is 18.0 Å². The van der Waals surface area contributed by atoms with Crippen molar-refractivity contribution in [3.8, 4) is 22.5 Å². The van der Waals surface area contributed by atoms with E-state index in [0.29, 0.717) is 11.6 Å². The third kappa shape index (κ3) is 4.41. The lowest BCUT2D eigenvalue weighted by atomic mass is 9.95. The van der Waals surface area contributed by atoms with Crippen molar-refractivity contribution in [2.75, 3.05) is 5.32 Å². The molecule has 0 saturated heterocycles. The van der Waals surface area contributed by atoms with Gasteiger partial charge in [-0.25, -0.2) is 4.79 Å². The summed E-state index contributed by atoms with van der Waals surface area (Å²) in [4.78, 5) is 27.6. The first-order chi connectivity index (χ1) is 16.2. The first kappa shape index (κ1) is 20.7. The van der Waals surface area contributed by atoms with Crippen molar-refractivity contribution < 1.29 is 18.7 Å². The Kier molecular flexibility index (Phi) is 5.48. The molecule has 164 valence electrons. The zero-order valence-electron chi connectivity index (χ0n) is 17.9. The summed E-state index contributed by atoms with van der Waals surface area (Å²) in [7, 11) is 0. The van der Waals surface area contributed by atoms with E-state index >= 15 is 0 Å². The molecule has 0 bridgehead atoms. The topological polar surface area (TPSA) is 81.4 Å². The van der Waals surface area contributed by atoms with Crippen LogP contribution in [-0.2, 0) is 21.6 Å². The van der Waals surface area contributed by atoms with Crippen LogP contribution in [0.2, 0.25) is 0 Å². The van der Waals surface area contributed by atoms with Crippen LogP contribution in [0.1, 0.15) is 24.0 Å². The molecule has 5 rings (SSSR count). The Morgan fingerprint density at radius 2 is 1.58 bits per heavy atom. The second kappa shape index (κ2) is 8.74. The third-order valence-corrected chi connectivity index (χ3v) is 5.96. The molecule has 0 atom stereocenters. The minimum absolute atomic E-state index is 0.168. The van der Waals surface area contributed by atoms with Gasteiger partial charge in [0, 0.05) is 5.56 Å². The molecule has 1 aromatic heterocycles. The van der Waals surface area contributed by atoms with Gasteiger partial charge in [-0.1, -0.05) is 78.9 Å². The van der Waals surface area contributed by atoms with E-state index in [1.807, 2.05) is 78.9 Å². The maximum Gasteiger partial charge on any atom is 0.413 e. The molecule has 4 aromatic rings. The summed E-state index contributed by atoms with van der Waals surface area (Å²) in [5.74, 6) is 0.754. The fraction of sp³-hybridized carbons (Fsp3) is 0.148. The van der Waals surface area contributed by atoms with Crippen LogP contribution in [0.5, 0.6) is 0 Å². The number of hydrogen-bond acceptors (Lipinski definition) is 5. The van der Waals surface area contributed by atoms with Gasteiger partial charge in [-0.15, -0.1) is 0 Å². The summed E-state index contributed by atoms with van der Waals surface area (Å²) in [5.41, 5.74) is 4.60. The molecule has 6 nitrogen and oxygen atoms in total. The van der Waals surface area contributed by atoms with E-state index in [4.69, 9.17) is 9.15 Å². The number of carbonyl (C=O) groups excluding carboxylic acids is 2. The molecule has 1 amide bonds. The average molecular weight is 438 g/mol. The minimum atomic E-state index is -0.602. The SMILES string of the molecule is O=CC1(c2ccc(-c3ccc(-c4ocnc4NC(=O)OCc4ccccc4)cc3)cc2)CC1. The molecule has 1 fully saturated rings. The molecule has 1 aliphatic carbocycles. The molecule has 1 heterocycles. The van der Waals surface area contributed by atoms with E-state index in [9.17, 15) is 9.59 Å². The van der Waals surface area contributed by atoms with Crippen LogP contribution < -0.4 is 5.32 Å². The number of aromatic nitrogens is 1. The number of hydrogen-bond donors (Lipinski definition) is 1. The summed E-state index contributed by atoms with van der Waals surface area (Å²) in [6.07, 6.45) is 3.61. The predicted molar refractivity (Wildman–Crippen MR) is 125 cm³/mol. The number of ether oxygens (including phenoxy) is 1. The van der Waals surface area contributed by atoms with Gasteiger partial charge in [-0.2, -0.15) is 4.98 Å². The highest BCUT2D eigenvalue weighted by Gasteiger charge is 2.44. The number of aldehydes is 1. The molecule has 0 unspecified atom stereocenters. The molecule has 6 heteroatoms. The fourth-order valence-corrected chi connectivity index (χ4v) is 3.81. The lowest BCUT2D eigenvalue weighted by Gasteiger charge is -2.09. The van der Waals surface area contributed by atoms with Crippen molar-refractivity contribution in [1.82, 2.24) is 4.98 Å². The molecular weight excluding hydrogens is 416 g/mol. The molecule has 1 saturated carbocycles. The van der Waals surface area contributed by atoms with Gasteiger partial charge >= 0.3 is 6.09 Å². The van der Waals surface area contributed by atoms with Crippen LogP contribution in [-0.4, -0.2) is 17.4 Å². The van der Waals surface area contributed by atoms with Crippen LogP contribution in [0.4, 0.5) is 10.6 Å². The summed E-state index contributed by atoms with van der Waals surface area (Å²) in [6.45, 7) is 0.168. The van der Waals surface area contributed by atoms with Gasteiger partial charge in [0.05, 0.1) is 5.41 Å². The van der Waals surface area contributed by atoms with Crippen molar-refractivity contribution in [2.24, 2.45) is 0 Å². The van der Waals surface area contributed by atoms with Crippen molar-refractivity contribution in [2.45, 2.75) is 24.9 Å². The largest absolute Gasteiger partial charge is 0.444 e. The molecule has 1 N–H and O–H groups in total. The monoisotopic (exact) mass is 438 g/mol. The molecule has 0 spiro atoms. The van der Waals surface area contributed by atoms with Gasteiger partial charge in [0.2, 0.25) is 0 Å². The Morgan fingerprint density at radius 1 is 0.939 bits per heavy atom. The van der Waals surface area contributed by atoms with Crippen LogP contribution in [0.3, 0.4) is 0 Å². The predicted octanol–water partition coefficient (Wildman–Crippen LogP) is 5.99. The number of amides is 1. The maximum atomic E-state index is 12.2. The van der Waals surface area contributed by atoms with E-state index in [1.54, 1.807) is 0 Å². The highest BCUT2D eigenvalue weighted by molar-refractivity contribution is 5.88. The zero-order chi connectivity index (χ0) is 22.7. The standard InChI is InChI=1S/C27H22N2O4/c30-17-27(14-15-27)23-12-10-21(11-13-23)20-6-8-22(9-7-20)24-25(28-18-33-24)29-26(31)32-16-19-4-2-1-3-5-19/h1-13,17-18H,14-16H2,(H,29,31). The second-order valence-electron chi connectivity index (χ2n) is 8.15. The number of rotatable bonds is 7. The van der Waals surface area contributed by atoms with Crippen LogP contribution in [0, 0.1) is 0 Å². The summed E-state index contributed by atoms with van der Waals surface area (Å²) >= 11 is 0. The fourth-order valence-electron chi connectivity index (χ4n) is 3.81. The lowest BCUT2D eigenvalue weighted by Crippen LogP contribution is -2.14. The zero-order valence-corrected chi connectivity index (χ0v) is 17.9.